The van der Waals surface area contributed by atoms with Crippen LogP contribution in [0.4, 0.5) is 0 Å². The molecule has 31 heavy (non-hydrogen) atoms. The van der Waals surface area contributed by atoms with Gasteiger partial charge in [0.05, 0.1) is 0 Å². The van der Waals surface area contributed by atoms with Crippen LogP contribution in [0.2, 0.25) is 0 Å². The van der Waals surface area contributed by atoms with E-state index in [2.05, 4.69) is 5.32 Å². The van der Waals surface area contributed by atoms with E-state index in [1.54, 1.807) is 24.3 Å². The van der Waals surface area contributed by atoms with Gasteiger partial charge in [0.2, 0.25) is 0 Å². The topological polar surface area (TPSA) is 138 Å². The number of carbonyl (C=O) groups is 1. The predicted octanol–water partition coefficient (Wildman–Crippen LogP) is 0.494. The van der Waals surface area contributed by atoms with Crippen molar-refractivity contribution >= 4 is 16.7 Å². The van der Waals surface area contributed by atoms with Gasteiger partial charge in [0.1, 0.15) is 36.8 Å². The highest BCUT2D eigenvalue weighted by Crippen LogP contribution is 2.26. The molecule has 1 saturated heterocycles. The minimum absolute atomic E-state index is 0.379. The van der Waals surface area contributed by atoms with Gasteiger partial charge in [0, 0.05) is 27.5 Å². The van der Waals surface area contributed by atoms with Gasteiger partial charge in [0.15, 0.2) is 12.4 Å². The third kappa shape index (κ3) is 5.70. The Morgan fingerprint density at radius 3 is 2.65 bits per heavy atom. The van der Waals surface area contributed by atoms with E-state index in [-0.39, 0.29) is 0 Å². The van der Waals surface area contributed by atoms with Crippen molar-refractivity contribution in [2.24, 2.45) is 0 Å². The first-order chi connectivity index (χ1) is 17.6. The van der Waals surface area contributed by atoms with Gasteiger partial charge >= 0.3 is 5.97 Å². The quantitative estimate of drug-likeness (QED) is 0.376. The second-order valence-corrected chi connectivity index (χ2v) is 7.04. The van der Waals surface area contributed by atoms with Gasteiger partial charge in [-0.25, -0.2) is 4.79 Å². The lowest BCUT2D eigenvalue weighted by molar-refractivity contribution is -0.305. The molecule has 5 N–H and O–H groups in total. The Kier molecular flexibility index (Phi) is 5.19. The lowest BCUT2D eigenvalue weighted by Crippen LogP contribution is -2.61. The average Bonchev–Trinajstić information content (AvgIpc) is 2.83. The van der Waals surface area contributed by atoms with Gasteiger partial charge in [-0.05, 0) is 11.5 Å². The molecule has 0 bridgehead atoms. The molecule has 1 aliphatic heterocycles. The van der Waals surface area contributed by atoms with Crippen LogP contribution in [0.25, 0.3) is 10.8 Å². The molecule has 1 aliphatic rings. The van der Waals surface area contributed by atoms with Crippen LogP contribution in [0.1, 0.15) is 23.3 Å². The Balaban J connectivity index is 1.87. The fraction of sp³-hybridized carbons (Fsp3) is 0.500. The van der Waals surface area contributed by atoms with E-state index in [1.165, 1.54) is 0 Å². The van der Waals surface area contributed by atoms with E-state index in [4.69, 9.17) is 23.8 Å². The number of carboxylic acids is 1. The summed E-state index contributed by atoms with van der Waals surface area (Å²) in [5.41, 5.74) is 0. The molecule has 1 fully saturated rings. The van der Waals surface area contributed by atoms with Gasteiger partial charge in [-0.15, -0.1) is 0 Å². The van der Waals surface area contributed by atoms with Crippen LogP contribution in [0.5, 0.6) is 5.75 Å². The maximum absolute atomic E-state index is 11.4. The lowest BCUT2D eigenvalue weighted by Gasteiger charge is -2.39. The molecule has 0 unspecified atom stereocenters. The Morgan fingerprint density at radius 2 is 1.90 bits per heavy atom. The standard InChI is InChI=1S/C22H29NO8/c1-12(2)23-10-14(11-29-16-9-5-7-13-6-3-4-8-15(13)16)30-22-19(26)17(24)18(25)20(31-22)21(27)28/h3-9,12,14,17-20,22-26H,10-11H2,1-2H3,(H,27,28)/t14-,17+,18+,19-,20+,22-/m1/s1/i1D3,2D3,12D. The molecule has 0 aliphatic carbocycles. The zero-order valence-corrected chi connectivity index (χ0v) is 16.3. The van der Waals surface area contributed by atoms with Gasteiger partial charge in [-0.1, -0.05) is 50.1 Å². The number of aliphatic hydroxyl groups is 3. The van der Waals surface area contributed by atoms with E-state index in [9.17, 15) is 25.2 Å². The van der Waals surface area contributed by atoms with Crippen molar-refractivity contribution in [2.45, 2.75) is 56.5 Å². The lowest BCUT2D eigenvalue weighted by atomic mass is 9.99. The van der Waals surface area contributed by atoms with Gasteiger partial charge < -0.3 is 40.0 Å². The summed E-state index contributed by atoms with van der Waals surface area (Å²) in [5, 5.41) is 43.4. The van der Waals surface area contributed by atoms with E-state index in [0.29, 0.717) is 11.1 Å². The number of ether oxygens (including phenoxy) is 3. The first-order valence-corrected chi connectivity index (χ1v) is 9.50. The third-order valence-electron chi connectivity index (χ3n) is 4.82. The zero-order valence-electron chi connectivity index (χ0n) is 23.3. The Bertz CT molecular complexity index is 1100. The number of benzene rings is 2. The summed E-state index contributed by atoms with van der Waals surface area (Å²) in [6.45, 7) is -7.63. The van der Waals surface area contributed by atoms with Crippen molar-refractivity contribution in [2.75, 3.05) is 13.2 Å². The van der Waals surface area contributed by atoms with Crippen molar-refractivity contribution in [1.82, 2.24) is 5.32 Å². The Labute approximate surface area is 190 Å². The summed E-state index contributed by atoms with van der Waals surface area (Å²) in [6, 6.07) is 9.28. The fourth-order valence-electron chi connectivity index (χ4n) is 3.22. The van der Waals surface area contributed by atoms with Gasteiger partial charge in [-0.2, -0.15) is 0 Å². The number of hydrogen-bond donors (Lipinski definition) is 5. The molecular weight excluding hydrogens is 406 g/mol. The predicted molar refractivity (Wildman–Crippen MR) is 112 cm³/mol. The van der Waals surface area contributed by atoms with E-state index in [1.807, 2.05) is 18.2 Å². The highest BCUT2D eigenvalue weighted by Gasteiger charge is 2.48. The molecule has 9 heteroatoms. The highest BCUT2D eigenvalue weighted by atomic mass is 16.7. The number of rotatable bonds is 9. The van der Waals surface area contributed by atoms with Crippen LogP contribution in [-0.2, 0) is 14.3 Å². The second-order valence-electron chi connectivity index (χ2n) is 7.04. The molecule has 0 aromatic heterocycles. The van der Waals surface area contributed by atoms with Gasteiger partial charge in [0.25, 0.3) is 0 Å². The minimum Gasteiger partial charge on any atom is -0.490 e. The van der Waals surface area contributed by atoms with Crippen molar-refractivity contribution in [3.8, 4) is 5.75 Å². The number of fused-ring (bicyclic) bond motifs is 1. The molecule has 0 saturated carbocycles. The van der Waals surface area contributed by atoms with E-state index < -0.39 is 75.7 Å². The number of carboxylic acid groups (broad SMARTS) is 1. The highest BCUT2D eigenvalue weighted by molar-refractivity contribution is 5.88. The summed E-state index contributed by atoms with van der Waals surface area (Å²) in [7, 11) is 0. The van der Waals surface area contributed by atoms with Crippen LogP contribution in [0, 0.1) is 0 Å². The Morgan fingerprint density at radius 1 is 1.16 bits per heavy atom. The van der Waals surface area contributed by atoms with Gasteiger partial charge in [-0.3, -0.25) is 0 Å². The smallest absolute Gasteiger partial charge is 0.335 e. The maximum Gasteiger partial charge on any atom is 0.335 e. The first-order valence-electron chi connectivity index (χ1n) is 13.0. The molecule has 2 aromatic carbocycles. The van der Waals surface area contributed by atoms with Crippen LogP contribution in [0.3, 0.4) is 0 Å². The summed E-state index contributed by atoms with van der Waals surface area (Å²) >= 11 is 0. The minimum atomic E-state index is -3.30. The largest absolute Gasteiger partial charge is 0.490 e. The number of hydrogen-bond acceptors (Lipinski definition) is 8. The molecule has 1 heterocycles. The molecule has 0 spiro atoms. The van der Waals surface area contributed by atoms with Crippen LogP contribution in [0.15, 0.2) is 42.5 Å². The monoisotopic (exact) mass is 442 g/mol. The summed E-state index contributed by atoms with van der Waals surface area (Å²) in [6.07, 6.45) is -11.0. The molecule has 2 aromatic rings. The molecule has 6 atom stereocenters. The van der Waals surface area contributed by atoms with Crippen LogP contribution in [-0.4, -0.2) is 82.4 Å². The molecule has 0 radical (unpaired) electrons. The molecular formula is C22H29NO8. The van der Waals surface area contributed by atoms with Crippen molar-refractivity contribution in [3.63, 3.8) is 0 Å². The zero-order chi connectivity index (χ0) is 28.5. The van der Waals surface area contributed by atoms with Crippen molar-refractivity contribution in [3.05, 3.63) is 42.5 Å². The first kappa shape index (κ1) is 15.5. The summed E-state index contributed by atoms with van der Waals surface area (Å²) in [4.78, 5) is 11.4. The fourth-order valence-corrected chi connectivity index (χ4v) is 3.22. The van der Waals surface area contributed by atoms with E-state index in [0.717, 1.165) is 5.39 Å². The van der Waals surface area contributed by atoms with Crippen molar-refractivity contribution in [1.29, 1.82) is 0 Å². The maximum atomic E-state index is 11.4. The third-order valence-corrected chi connectivity index (χ3v) is 4.82. The molecule has 3 rings (SSSR count). The van der Waals surface area contributed by atoms with Crippen LogP contribution < -0.4 is 10.1 Å². The molecule has 170 valence electrons. The van der Waals surface area contributed by atoms with E-state index >= 15 is 0 Å². The normalized spacial score (nSPS) is 31.8. The second kappa shape index (κ2) is 10.4. The van der Waals surface area contributed by atoms with Crippen molar-refractivity contribution < 1.29 is 49.0 Å². The Hall–Kier alpha value is -2.27. The molecule has 9 nitrogen and oxygen atoms in total. The van der Waals surface area contributed by atoms with Crippen LogP contribution >= 0.6 is 0 Å². The summed E-state index contributed by atoms with van der Waals surface area (Å²) in [5.74, 6) is -1.27. The molecule has 0 amide bonds. The SMILES string of the molecule is [2H]C([2H])([2H])C([2H])(NC[C@H](COc1cccc2ccccc12)O[C@@H]1O[C@H](C(=O)O)[C@@H](O)[C@H](O)[C@H]1O)C([2H])([2H])[2H]. The number of aliphatic hydroxyl groups excluding tert-OH is 3. The average molecular weight is 443 g/mol. The summed E-state index contributed by atoms with van der Waals surface area (Å²) < 4.78 is 70.2. The number of nitrogens with one attached hydrogen (secondary N) is 1. The number of aliphatic carboxylic acids is 1.